The minimum Gasteiger partial charge on any atom is -0.618 e. The number of nitrogens with zero attached hydrogens (tertiary/aromatic N) is 3. The van der Waals surface area contributed by atoms with Crippen molar-refractivity contribution in [3.63, 3.8) is 0 Å². The van der Waals surface area contributed by atoms with Gasteiger partial charge >= 0.3 is 11.2 Å². The summed E-state index contributed by atoms with van der Waals surface area (Å²) in [6.07, 6.45) is 1.33. The largest absolute Gasteiger partial charge is 0.618 e. The van der Waals surface area contributed by atoms with Crippen LogP contribution in [0.5, 0.6) is 5.88 Å². The Balaban J connectivity index is 1.76. The minimum absolute atomic E-state index is 0.0583. The number of pyridine rings is 1. The maximum atomic E-state index is 13.1. The monoisotopic (exact) mass is 463 g/mol. The molecule has 0 saturated carbocycles. The lowest BCUT2D eigenvalue weighted by Crippen LogP contribution is -2.28. The maximum absolute atomic E-state index is 13.1. The molecule has 11 heteroatoms. The second-order valence-corrected chi connectivity index (χ2v) is 8.48. The van der Waals surface area contributed by atoms with Crippen LogP contribution < -0.4 is 10.4 Å². The van der Waals surface area contributed by atoms with Crippen molar-refractivity contribution in [1.82, 2.24) is 9.13 Å². The average molecular weight is 463 g/mol. The fourth-order valence-corrected chi connectivity index (χ4v) is 4.13. The first-order valence-electron chi connectivity index (χ1n) is 9.29. The average Bonchev–Trinajstić information content (AvgIpc) is 2.98. The van der Waals surface area contributed by atoms with Gasteiger partial charge in [-0.3, -0.25) is 4.57 Å². The summed E-state index contributed by atoms with van der Waals surface area (Å²) < 4.78 is 52.4. The predicted octanol–water partition coefficient (Wildman–Crippen LogP) is 3.12. The van der Waals surface area contributed by atoms with Gasteiger partial charge in [0.1, 0.15) is 0 Å². The van der Waals surface area contributed by atoms with Crippen molar-refractivity contribution in [2.75, 3.05) is 0 Å². The molecule has 0 fully saturated rings. The fourth-order valence-electron chi connectivity index (χ4n) is 3.48. The van der Waals surface area contributed by atoms with Gasteiger partial charge < -0.3 is 10.3 Å². The zero-order valence-electron chi connectivity index (χ0n) is 16.5. The summed E-state index contributed by atoms with van der Waals surface area (Å²) >= 11 is 0. The van der Waals surface area contributed by atoms with Gasteiger partial charge in [0, 0.05) is 17.0 Å². The van der Waals surface area contributed by atoms with Gasteiger partial charge in [-0.05, 0) is 42.8 Å². The van der Waals surface area contributed by atoms with Crippen molar-refractivity contribution in [1.29, 1.82) is 0 Å². The molecule has 0 radical (unpaired) electrons. The Kier molecular flexibility index (Phi) is 5.29. The Morgan fingerprint density at radius 1 is 1.09 bits per heavy atom. The van der Waals surface area contributed by atoms with E-state index in [0.29, 0.717) is 21.2 Å². The number of imidazole rings is 1. The SMILES string of the molecule is Cc1c(O)n(-c2ccc(S(=O)C(F)(F)F)cc2)c(=O)n1Cc1cc[n+]([O-])c2ccccc12. The highest BCUT2D eigenvalue weighted by atomic mass is 32.2. The molecule has 2 aromatic carbocycles. The van der Waals surface area contributed by atoms with Crippen LogP contribution in [0, 0.1) is 12.1 Å². The normalized spacial score (nSPS) is 12.9. The van der Waals surface area contributed by atoms with Crippen molar-refractivity contribution in [3.05, 3.63) is 87.7 Å². The van der Waals surface area contributed by atoms with Crippen molar-refractivity contribution < 1.29 is 27.2 Å². The van der Waals surface area contributed by atoms with Crippen LogP contribution in [0.15, 0.2) is 70.5 Å². The number of para-hydroxylation sites is 1. The molecule has 0 amide bonds. The van der Waals surface area contributed by atoms with Gasteiger partial charge in [-0.15, -0.1) is 0 Å². The number of fused-ring (bicyclic) bond motifs is 1. The third-order valence-corrected chi connectivity index (χ3v) is 6.23. The van der Waals surface area contributed by atoms with Gasteiger partial charge in [0.2, 0.25) is 11.4 Å². The lowest BCUT2D eigenvalue weighted by atomic mass is 10.1. The zero-order valence-corrected chi connectivity index (χ0v) is 17.4. The van der Waals surface area contributed by atoms with Crippen LogP contribution in [0.1, 0.15) is 11.3 Å². The Morgan fingerprint density at radius 3 is 2.41 bits per heavy atom. The van der Waals surface area contributed by atoms with Gasteiger partial charge in [-0.2, -0.15) is 17.9 Å². The van der Waals surface area contributed by atoms with E-state index in [1.165, 1.54) is 29.8 Å². The number of aromatic nitrogens is 3. The fraction of sp³-hybridized carbons (Fsp3) is 0.143. The van der Waals surface area contributed by atoms with Crippen LogP contribution in [0.3, 0.4) is 0 Å². The summed E-state index contributed by atoms with van der Waals surface area (Å²) in [5, 5.41) is 23.2. The van der Waals surface area contributed by atoms with E-state index in [2.05, 4.69) is 0 Å². The van der Waals surface area contributed by atoms with Crippen molar-refractivity contribution >= 4 is 21.7 Å². The molecule has 2 aromatic heterocycles. The highest BCUT2D eigenvalue weighted by Crippen LogP contribution is 2.28. The van der Waals surface area contributed by atoms with Gasteiger partial charge in [-0.25, -0.2) is 13.6 Å². The molecule has 1 atom stereocenters. The molecular weight excluding hydrogens is 447 g/mol. The first-order valence-corrected chi connectivity index (χ1v) is 10.4. The van der Waals surface area contributed by atoms with E-state index in [9.17, 15) is 32.5 Å². The molecule has 0 aliphatic carbocycles. The second-order valence-electron chi connectivity index (χ2n) is 7.01. The first-order chi connectivity index (χ1) is 15.1. The van der Waals surface area contributed by atoms with E-state index in [0.717, 1.165) is 16.7 Å². The first kappa shape index (κ1) is 21.6. The Labute approximate surface area is 181 Å². The zero-order chi connectivity index (χ0) is 23.2. The number of benzene rings is 2. The standard InChI is InChI=1S/C21H16F3N3O4S/c1-13-19(28)27(15-6-8-16(9-7-15)32(31)21(22,23)24)20(29)25(13)12-14-10-11-26(30)18-5-3-2-4-17(14)18/h2-11,28H,12H2,1H3. The number of halogens is 3. The third kappa shape index (κ3) is 3.64. The van der Waals surface area contributed by atoms with Gasteiger partial charge in [-0.1, -0.05) is 12.1 Å². The molecule has 0 bridgehead atoms. The number of rotatable bonds is 4. The van der Waals surface area contributed by atoms with E-state index in [-0.39, 0.29) is 23.8 Å². The van der Waals surface area contributed by atoms with Crippen LogP contribution in [-0.2, 0) is 17.3 Å². The molecule has 4 rings (SSSR count). The summed E-state index contributed by atoms with van der Waals surface area (Å²) in [4.78, 5) is 12.6. The van der Waals surface area contributed by atoms with Crippen molar-refractivity contribution in [2.45, 2.75) is 23.9 Å². The summed E-state index contributed by atoms with van der Waals surface area (Å²) in [6.45, 7) is 1.59. The molecule has 0 aliphatic heterocycles. The summed E-state index contributed by atoms with van der Waals surface area (Å²) in [7, 11) is -3.20. The van der Waals surface area contributed by atoms with Crippen LogP contribution >= 0.6 is 0 Å². The van der Waals surface area contributed by atoms with E-state index >= 15 is 0 Å². The Bertz CT molecular complexity index is 1410. The number of aromatic hydroxyl groups is 1. The highest BCUT2D eigenvalue weighted by Gasteiger charge is 2.38. The molecule has 1 N–H and O–H groups in total. The maximum Gasteiger partial charge on any atom is 0.475 e. The molecule has 0 aliphatic rings. The molecule has 0 spiro atoms. The topological polar surface area (TPSA) is 91.2 Å². The molecular formula is C21H16F3N3O4S. The summed E-state index contributed by atoms with van der Waals surface area (Å²) in [5.74, 6) is -0.376. The molecule has 166 valence electrons. The molecule has 1 unspecified atom stereocenters. The van der Waals surface area contributed by atoms with E-state index in [1.54, 1.807) is 30.3 Å². The van der Waals surface area contributed by atoms with E-state index in [4.69, 9.17) is 0 Å². The smallest absolute Gasteiger partial charge is 0.475 e. The van der Waals surface area contributed by atoms with Crippen LogP contribution in [0.25, 0.3) is 16.6 Å². The van der Waals surface area contributed by atoms with Crippen molar-refractivity contribution in [3.8, 4) is 11.6 Å². The Morgan fingerprint density at radius 2 is 1.75 bits per heavy atom. The number of alkyl halides is 3. The highest BCUT2D eigenvalue weighted by molar-refractivity contribution is 7.86. The molecule has 0 saturated heterocycles. The van der Waals surface area contributed by atoms with Crippen LogP contribution in [0.4, 0.5) is 13.2 Å². The number of hydrogen-bond donors (Lipinski definition) is 1. The molecule has 2 heterocycles. The van der Waals surface area contributed by atoms with Gasteiger partial charge in [0.05, 0.1) is 23.3 Å². The minimum atomic E-state index is -4.90. The summed E-state index contributed by atoms with van der Waals surface area (Å²) in [5.41, 5.74) is -4.07. The van der Waals surface area contributed by atoms with E-state index in [1.807, 2.05) is 0 Å². The Hall–Kier alpha value is -3.60. The predicted molar refractivity (Wildman–Crippen MR) is 111 cm³/mol. The van der Waals surface area contributed by atoms with Gasteiger partial charge in [0.25, 0.3) is 0 Å². The van der Waals surface area contributed by atoms with Crippen LogP contribution in [0.2, 0.25) is 0 Å². The molecule has 32 heavy (non-hydrogen) atoms. The number of hydrogen-bond acceptors (Lipinski definition) is 4. The molecule has 7 nitrogen and oxygen atoms in total. The third-order valence-electron chi connectivity index (χ3n) is 5.11. The van der Waals surface area contributed by atoms with Gasteiger partial charge in [0.15, 0.2) is 17.0 Å². The lowest BCUT2D eigenvalue weighted by Gasteiger charge is -2.08. The second kappa shape index (κ2) is 7.83. The molecule has 4 aromatic rings. The summed E-state index contributed by atoms with van der Waals surface area (Å²) in [6, 6.07) is 12.8. The van der Waals surface area contributed by atoms with E-state index < -0.39 is 26.9 Å². The quantitative estimate of drug-likeness (QED) is 0.372. The van der Waals surface area contributed by atoms with Crippen LogP contribution in [-0.4, -0.2) is 24.0 Å². The van der Waals surface area contributed by atoms with Crippen molar-refractivity contribution in [2.24, 2.45) is 0 Å². The lowest BCUT2D eigenvalue weighted by molar-refractivity contribution is -0.577.